The standard InChI is InChI=1S/C10H18BrNO/c1-10(2,3)9(13)12-6-7-4-8(11)5-7/h7-8H,4-6H2,1-3H3,(H,12,13). The maximum atomic E-state index is 11.5. The second-order valence-corrected chi connectivity index (χ2v) is 6.19. The summed E-state index contributed by atoms with van der Waals surface area (Å²) < 4.78 is 0. The molecule has 2 nitrogen and oxygen atoms in total. The summed E-state index contributed by atoms with van der Waals surface area (Å²) in [7, 11) is 0. The number of hydrogen-bond acceptors (Lipinski definition) is 1. The molecule has 0 bridgehead atoms. The minimum atomic E-state index is -0.252. The third kappa shape index (κ3) is 3.29. The van der Waals surface area contributed by atoms with Gasteiger partial charge in [-0.25, -0.2) is 0 Å². The molecule has 0 spiro atoms. The summed E-state index contributed by atoms with van der Waals surface area (Å²) in [5, 5.41) is 2.99. The van der Waals surface area contributed by atoms with Gasteiger partial charge in [0, 0.05) is 16.8 Å². The first kappa shape index (κ1) is 11.0. The Hall–Kier alpha value is -0.0500. The summed E-state index contributed by atoms with van der Waals surface area (Å²) in [5.41, 5.74) is -0.252. The van der Waals surface area contributed by atoms with Crippen LogP contribution in [0.2, 0.25) is 0 Å². The number of halogens is 1. The Morgan fingerprint density at radius 1 is 1.46 bits per heavy atom. The maximum absolute atomic E-state index is 11.5. The van der Waals surface area contributed by atoms with Crippen molar-refractivity contribution in [2.45, 2.75) is 38.4 Å². The van der Waals surface area contributed by atoms with Gasteiger partial charge in [-0.1, -0.05) is 36.7 Å². The third-order valence-electron chi connectivity index (χ3n) is 2.41. The fourth-order valence-electron chi connectivity index (χ4n) is 1.32. The highest BCUT2D eigenvalue weighted by atomic mass is 79.9. The van der Waals surface area contributed by atoms with E-state index in [2.05, 4.69) is 21.2 Å². The van der Waals surface area contributed by atoms with Gasteiger partial charge in [0.1, 0.15) is 0 Å². The first-order valence-electron chi connectivity index (χ1n) is 4.82. The number of carbonyl (C=O) groups is 1. The predicted octanol–water partition coefficient (Wildman–Crippen LogP) is 2.32. The van der Waals surface area contributed by atoms with Crippen molar-refractivity contribution in [2.75, 3.05) is 6.54 Å². The molecule has 1 fully saturated rings. The van der Waals surface area contributed by atoms with Crippen LogP contribution >= 0.6 is 15.9 Å². The van der Waals surface area contributed by atoms with E-state index in [1.54, 1.807) is 0 Å². The molecule has 0 aliphatic heterocycles. The number of nitrogens with one attached hydrogen (secondary N) is 1. The molecule has 0 aromatic heterocycles. The van der Waals surface area contributed by atoms with Gasteiger partial charge in [-0.3, -0.25) is 4.79 Å². The van der Waals surface area contributed by atoms with Crippen molar-refractivity contribution in [1.82, 2.24) is 5.32 Å². The molecule has 1 aliphatic carbocycles. The summed E-state index contributed by atoms with van der Waals surface area (Å²) in [4.78, 5) is 12.2. The molecule has 0 atom stereocenters. The molecular weight excluding hydrogens is 230 g/mol. The van der Waals surface area contributed by atoms with Crippen molar-refractivity contribution in [3.63, 3.8) is 0 Å². The van der Waals surface area contributed by atoms with Gasteiger partial charge in [0.25, 0.3) is 0 Å². The minimum Gasteiger partial charge on any atom is -0.355 e. The summed E-state index contributed by atoms with van der Waals surface area (Å²) in [6.45, 7) is 6.67. The van der Waals surface area contributed by atoms with Crippen LogP contribution < -0.4 is 5.32 Å². The quantitative estimate of drug-likeness (QED) is 0.746. The van der Waals surface area contributed by atoms with E-state index in [0.29, 0.717) is 10.7 Å². The molecule has 0 radical (unpaired) electrons. The van der Waals surface area contributed by atoms with Gasteiger partial charge in [-0.2, -0.15) is 0 Å². The fourth-order valence-corrected chi connectivity index (χ4v) is 2.38. The largest absolute Gasteiger partial charge is 0.355 e. The van der Waals surface area contributed by atoms with Crippen LogP contribution in [0.3, 0.4) is 0 Å². The summed E-state index contributed by atoms with van der Waals surface area (Å²) >= 11 is 3.53. The molecule has 0 unspecified atom stereocenters. The molecule has 0 heterocycles. The van der Waals surface area contributed by atoms with Gasteiger partial charge in [0.05, 0.1) is 0 Å². The van der Waals surface area contributed by atoms with Crippen LogP contribution in [0.5, 0.6) is 0 Å². The van der Waals surface area contributed by atoms with E-state index < -0.39 is 0 Å². The Morgan fingerprint density at radius 3 is 2.38 bits per heavy atom. The topological polar surface area (TPSA) is 29.1 Å². The van der Waals surface area contributed by atoms with E-state index in [0.717, 1.165) is 6.54 Å². The van der Waals surface area contributed by atoms with Crippen LogP contribution in [0.15, 0.2) is 0 Å². The number of hydrogen-bond donors (Lipinski definition) is 1. The lowest BCUT2D eigenvalue weighted by Crippen LogP contribution is -2.41. The van der Waals surface area contributed by atoms with E-state index >= 15 is 0 Å². The van der Waals surface area contributed by atoms with Gasteiger partial charge in [-0.15, -0.1) is 0 Å². The van der Waals surface area contributed by atoms with Crippen molar-refractivity contribution in [3.05, 3.63) is 0 Å². The normalized spacial score (nSPS) is 28.0. The van der Waals surface area contributed by atoms with Crippen molar-refractivity contribution < 1.29 is 4.79 Å². The van der Waals surface area contributed by atoms with Gasteiger partial charge in [0.2, 0.25) is 5.91 Å². The van der Waals surface area contributed by atoms with E-state index in [4.69, 9.17) is 0 Å². The van der Waals surface area contributed by atoms with Crippen LogP contribution in [-0.4, -0.2) is 17.3 Å². The highest BCUT2D eigenvalue weighted by Gasteiger charge is 2.28. The highest BCUT2D eigenvalue weighted by Crippen LogP contribution is 2.32. The molecule has 1 aliphatic rings. The summed E-state index contributed by atoms with van der Waals surface area (Å²) in [6.07, 6.45) is 2.40. The van der Waals surface area contributed by atoms with Crippen molar-refractivity contribution in [3.8, 4) is 0 Å². The second kappa shape index (κ2) is 3.99. The molecule has 1 rings (SSSR count). The minimum absolute atomic E-state index is 0.158. The summed E-state index contributed by atoms with van der Waals surface area (Å²) in [6, 6.07) is 0. The molecule has 0 aromatic carbocycles. The fraction of sp³-hybridized carbons (Fsp3) is 0.900. The molecular formula is C10H18BrNO. The monoisotopic (exact) mass is 247 g/mol. The third-order valence-corrected chi connectivity index (χ3v) is 3.16. The van der Waals surface area contributed by atoms with Crippen LogP contribution in [0.4, 0.5) is 0 Å². The lowest BCUT2D eigenvalue weighted by atomic mass is 9.85. The molecule has 1 saturated carbocycles. The Kier molecular flexibility index (Phi) is 3.38. The lowest BCUT2D eigenvalue weighted by Gasteiger charge is -2.32. The average Bonchev–Trinajstić information content (AvgIpc) is 1.93. The van der Waals surface area contributed by atoms with E-state index in [9.17, 15) is 4.79 Å². The average molecular weight is 248 g/mol. The number of carbonyl (C=O) groups excluding carboxylic acids is 1. The molecule has 1 amide bonds. The number of amides is 1. The van der Waals surface area contributed by atoms with E-state index in [1.165, 1.54) is 12.8 Å². The zero-order chi connectivity index (χ0) is 10.1. The Labute approximate surface area is 88.6 Å². The molecule has 0 saturated heterocycles. The molecule has 76 valence electrons. The van der Waals surface area contributed by atoms with E-state index in [1.807, 2.05) is 20.8 Å². The van der Waals surface area contributed by atoms with Gasteiger partial charge in [-0.05, 0) is 18.8 Å². The Balaban J connectivity index is 2.16. The molecule has 1 N–H and O–H groups in total. The van der Waals surface area contributed by atoms with Crippen molar-refractivity contribution in [2.24, 2.45) is 11.3 Å². The SMILES string of the molecule is CC(C)(C)C(=O)NCC1CC(Br)C1. The lowest BCUT2D eigenvalue weighted by molar-refractivity contribution is -0.128. The van der Waals surface area contributed by atoms with Crippen LogP contribution in [-0.2, 0) is 4.79 Å². The van der Waals surface area contributed by atoms with Gasteiger partial charge >= 0.3 is 0 Å². The van der Waals surface area contributed by atoms with Crippen LogP contribution in [0.25, 0.3) is 0 Å². The van der Waals surface area contributed by atoms with E-state index in [-0.39, 0.29) is 11.3 Å². The first-order chi connectivity index (χ1) is 5.89. The smallest absolute Gasteiger partial charge is 0.225 e. The Bertz CT molecular complexity index is 192. The maximum Gasteiger partial charge on any atom is 0.225 e. The molecule has 0 aromatic rings. The zero-order valence-electron chi connectivity index (χ0n) is 8.56. The van der Waals surface area contributed by atoms with Crippen LogP contribution in [0.1, 0.15) is 33.6 Å². The Morgan fingerprint density at radius 2 is 2.00 bits per heavy atom. The number of alkyl halides is 1. The zero-order valence-corrected chi connectivity index (χ0v) is 10.1. The second-order valence-electron chi connectivity index (χ2n) is 4.89. The van der Waals surface area contributed by atoms with Crippen molar-refractivity contribution >= 4 is 21.8 Å². The van der Waals surface area contributed by atoms with Gasteiger partial charge in [0.15, 0.2) is 0 Å². The molecule has 13 heavy (non-hydrogen) atoms. The highest BCUT2D eigenvalue weighted by molar-refractivity contribution is 9.09. The summed E-state index contributed by atoms with van der Waals surface area (Å²) in [5.74, 6) is 0.848. The number of rotatable bonds is 2. The first-order valence-corrected chi connectivity index (χ1v) is 5.73. The van der Waals surface area contributed by atoms with Gasteiger partial charge < -0.3 is 5.32 Å². The predicted molar refractivity (Wildman–Crippen MR) is 57.9 cm³/mol. The van der Waals surface area contributed by atoms with Crippen LogP contribution in [0, 0.1) is 11.3 Å². The van der Waals surface area contributed by atoms with Crippen molar-refractivity contribution in [1.29, 1.82) is 0 Å². The molecule has 3 heteroatoms.